The van der Waals surface area contributed by atoms with E-state index in [4.69, 9.17) is 0 Å². The van der Waals surface area contributed by atoms with E-state index < -0.39 is 12.2 Å². The van der Waals surface area contributed by atoms with E-state index in [1.54, 1.807) is 12.1 Å². The number of fused-ring (bicyclic) bond motifs is 1. The smallest absolute Gasteiger partial charge is 0.302 e. The number of benzene rings is 1. The highest BCUT2D eigenvalue weighted by molar-refractivity contribution is 5.30. The second kappa shape index (κ2) is 3.28. The summed E-state index contributed by atoms with van der Waals surface area (Å²) in [5.41, 5.74) is 1.77. The Labute approximate surface area is 79.9 Å². The van der Waals surface area contributed by atoms with Crippen LogP contribution in [0.1, 0.15) is 11.1 Å². The molecular formula is C10H10F3N. The van der Waals surface area contributed by atoms with Crippen molar-refractivity contribution in [1.82, 2.24) is 5.32 Å². The number of hydrogen-bond acceptors (Lipinski definition) is 1. The van der Waals surface area contributed by atoms with Gasteiger partial charge >= 0.3 is 6.18 Å². The molecule has 1 aromatic carbocycles. The average molecular weight is 201 g/mol. The van der Waals surface area contributed by atoms with Crippen molar-refractivity contribution in [3.05, 3.63) is 35.4 Å². The maximum absolute atomic E-state index is 12.4. The Morgan fingerprint density at radius 3 is 2.43 bits per heavy atom. The van der Waals surface area contributed by atoms with Gasteiger partial charge in [0.05, 0.1) is 0 Å². The minimum absolute atomic E-state index is 0.0413. The standard InChI is InChI=1S/C10H10F3N/c11-10(12,13)9-5-7-3-1-2-4-8(7)6-14-9/h1-4,9,14H,5-6H2/t9-/m1/s1. The quantitative estimate of drug-likeness (QED) is 0.679. The molecule has 0 aromatic heterocycles. The summed E-state index contributed by atoms with van der Waals surface area (Å²) in [6, 6.07) is 5.84. The third kappa shape index (κ3) is 1.75. The second-order valence-electron chi connectivity index (χ2n) is 3.45. The van der Waals surface area contributed by atoms with E-state index in [2.05, 4.69) is 5.32 Å². The van der Waals surface area contributed by atoms with Gasteiger partial charge in [0.15, 0.2) is 0 Å². The Morgan fingerprint density at radius 2 is 1.79 bits per heavy atom. The van der Waals surface area contributed by atoms with Crippen LogP contribution in [0.5, 0.6) is 0 Å². The number of halogens is 3. The summed E-state index contributed by atoms with van der Waals surface area (Å²) < 4.78 is 37.1. The van der Waals surface area contributed by atoms with Crippen LogP contribution in [0.3, 0.4) is 0 Å². The predicted molar refractivity (Wildman–Crippen MR) is 46.8 cm³/mol. The van der Waals surface area contributed by atoms with Crippen molar-refractivity contribution in [2.45, 2.75) is 25.2 Å². The normalized spacial score (nSPS) is 21.8. The molecule has 0 unspecified atom stereocenters. The Balaban J connectivity index is 2.22. The summed E-state index contributed by atoms with van der Waals surface area (Å²) >= 11 is 0. The lowest BCUT2D eigenvalue weighted by atomic mass is 9.96. The van der Waals surface area contributed by atoms with Gasteiger partial charge in [0.1, 0.15) is 6.04 Å². The van der Waals surface area contributed by atoms with Crippen molar-refractivity contribution in [2.75, 3.05) is 0 Å². The zero-order chi connectivity index (χ0) is 10.2. The van der Waals surface area contributed by atoms with Crippen molar-refractivity contribution < 1.29 is 13.2 Å². The lowest BCUT2D eigenvalue weighted by Gasteiger charge is -2.27. The first kappa shape index (κ1) is 9.52. The summed E-state index contributed by atoms with van der Waals surface area (Å²) in [7, 11) is 0. The lowest BCUT2D eigenvalue weighted by Crippen LogP contribution is -2.46. The minimum Gasteiger partial charge on any atom is -0.302 e. The summed E-state index contributed by atoms with van der Waals surface area (Å²) in [4.78, 5) is 0. The third-order valence-electron chi connectivity index (χ3n) is 2.48. The molecule has 1 heterocycles. The van der Waals surface area contributed by atoms with Crippen molar-refractivity contribution in [1.29, 1.82) is 0 Å². The second-order valence-corrected chi connectivity index (χ2v) is 3.45. The van der Waals surface area contributed by atoms with E-state index in [-0.39, 0.29) is 6.42 Å². The van der Waals surface area contributed by atoms with Crippen LogP contribution in [0.15, 0.2) is 24.3 Å². The molecule has 1 nitrogen and oxygen atoms in total. The highest BCUT2D eigenvalue weighted by Gasteiger charge is 2.40. The summed E-state index contributed by atoms with van der Waals surface area (Å²) in [5.74, 6) is 0. The van der Waals surface area contributed by atoms with Crippen LogP contribution < -0.4 is 5.32 Å². The molecule has 0 radical (unpaired) electrons. The molecule has 0 amide bonds. The molecule has 0 saturated heterocycles. The molecule has 1 aliphatic rings. The molecule has 1 aliphatic heterocycles. The van der Waals surface area contributed by atoms with Crippen molar-refractivity contribution in [2.24, 2.45) is 0 Å². The highest BCUT2D eigenvalue weighted by atomic mass is 19.4. The Morgan fingerprint density at radius 1 is 1.14 bits per heavy atom. The Kier molecular flexibility index (Phi) is 2.23. The van der Waals surface area contributed by atoms with Crippen LogP contribution in [0.4, 0.5) is 13.2 Å². The van der Waals surface area contributed by atoms with Gasteiger partial charge in [-0.1, -0.05) is 24.3 Å². The molecule has 0 spiro atoms. The van der Waals surface area contributed by atoms with Gasteiger partial charge in [0.25, 0.3) is 0 Å². The van der Waals surface area contributed by atoms with Gasteiger partial charge in [-0.3, -0.25) is 0 Å². The Hall–Kier alpha value is -1.03. The van der Waals surface area contributed by atoms with E-state index >= 15 is 0 Å². The monoisotopic (exact) mass is 201 g/mol. The fraction of sp³-hybridized carbons (Fsp3) is 0.400. The van der Waals surface area contributed by atoms with Crippen LogP contribution >= 0.6 is 0 Å². The fourth-order valence-corrected chi connectivity index (χ4v) is 1.69. The van der Waals surface area contributed by atoms with Crippen LogP contribution in [0.2, 0.25) is 0 Å². The van der Waals surface area contributed by atoms with Crippen molar-refractivity contribution in [3.8, 4) is 0 Å². The number of alkyl halides is 3. The molecule has 1 aromatic rings. The highest BCUT2D eigenvalue weighted by Crippen LogP contribution is 2.27. The molecule has 1 atom stereocenters. The van der Waals surface area contributed by atoms with Crippen molar-refractivity contribution >= 4 is 0 Å². The van der Waals surface area contributed by atoms with Crippen LogP contribution in [-0.4, -0.2) is 12.2 Å². The first-order valence-electron chi connectivity index (χ1n) is 4.44. The van der Waals surface area contributed by atoms with Gasteiger partial charge in [0.2, 0.25) is 0 Å². The molecule has 76 valence electrons. The topological polar surface area (TPSA) is 12.0 Å². The van der Waals surface area contributed by atoms with Gasteiger partial charge in [-0.2, -0.15) is 13.2 Å². The predicted octanol–water partition coefficient (Wildman–Crippen LogP) is 2.26. The first-order valence-corrected chi connectivity index (χ1v) is 4.44. The van der Waals surface area contributed by atoms with Crippen LogP contribution in [0.25, 0.3) is 0 Å². The Bertz CT molecular complexity index is 332. The maximum atomic E-state index is 12.4. The first-order chi connectivity index (χ1) is 6.57. The fourth-order valence-electron chi connectivity index (χ4n) is 1.69. The van der Waals surface area contributed by atoms with Gasteiger partial charge in [-0.25, -0.2) is 0 Å². The van der Waals surface area contributed by atoms with E-state index in [0.717, 1.165) is 11.1 Å². The van der Waals surface area contributed by atoms with Crippen molar-refractivity contribution in [3.63, 3.8) is 0 Å². The number of nitrogens with one attached hydrogen (secondary N) is 1. The number of rotatable bonds is 0. The molecule has 0 fully saturated rings. The third-order valence-corrected chi connectivity index (χ3v) is 2.48. The lowest BCUT2D eigenvalue weighted by molar-refractivity contribution is -0.157. The van der Waals surface area contributed by atoms with E-state index in [1.807, 2.05) is 12.1 Å². The molecular weight excluding hydrogens is 191 g/mol. The largest absolute Gasteiger partial charge is 0.404 e. The molecule has 4 heteroatoms. The van der Waals surface area contributed by atoms with Crippen LogP contribution in [0, 0.1) is 0 Å². The van der Waals surface area contributed by atoms with Gasteiger partial charge < -0.3 is 5.32 Å². The van der Waals surface area contributed by atoms with Gasteiger partial charge in [-0.15, -0.1) is 0 Å². The summed E-state index contributed by atoms with van der Waals surface area (Å²) in [6.07, 6.45) is -4.10. The SMILES string of the molecule is FC(F)(F)[C@H]1Cc2ccccc2CN1. The van der Waals surface area contributed by atoms with Crippen LogP contribution in [-0.2, 0) is 13.0 Å². The van der Waals surface area contributed by atoms with Gasteiger partial charge in [0, 0.05) is 6.54 Å². The van der Waals surface area contributed by atoms with Gasteiger partial charge in [-0.05, 0) is 17.5 Å². The zero-order valence-corrected chi connectivity index (χ0v) is 7.43. The van der Waals surface area contributed by atoms with E-state index in [9.17, 15) is 13.2 Å². The molecule has 1 N–H and O–H groups in total. The zero-order valence-electron chi connectivity index (χ0n) is 7.43. The van der Waals surface area contributed by atoms with E-state index in [1.165, 1.54) is 0 Å². The average Bonchev–Trinajstić information content (AvgIpc) is 2.16. The molecule has 0 aliphatic carbocycles. The minimum atomic E-state index is -4.15. The molecule has 14 heavy (non-hydrogen) atoms. The molecule has 0 saturated carbocycles. The molecule has 0 bridgehead atoms. The maximum Gasteiger partial charge on any atom is 0.404 e. The molecule has 2 rings (SSSR count). The summed E-state index contributed by atoms with van der Waals surface area (Å²) in [6.45, 7) is 0.306. The number of hydrogen-bond donors (Lipinski definition) is 1. The van der Waals surface area contributed by atoms with E-state index in [0.29, 0.717) is 6.54 Å². The summed E-state index contributed by atoms with van der Waals surface area (Å²) in [5, 5.41) is 2.49.